The molecular formula is C26H24FN3O5S. The Labute approximate surface area is 208 Å². The zero-order valence-corrected chi connectivity index (χ0v) is 20.4. The van der Waals surface area contributed by atoms with E-state index >= 15 is 0 Å². The van der Waals surface area contributed by atoms with Crippen molar-refractivity contribution in [3.63, 3.8) is 0 Å². The Bertz CT molecular complexity index is 1470. The molecule has 3 aromatic rings. The second-order valence-corrected chi connectivity index (χ2v) is 10.4. The highest BCUT2D eigenvalue weighted by Gasteiger charge is 2.29. The second kappa shape index (κ2) is 9.82. The third-order valence-corrected chi connectivity index (χ3v) is 7.05. The van der Waals surface area contributed by atoms with E-state index in [1.165, 1.54) is 25.2 Å². The van der Waals surface area contributed by atoms with Crippen LogP contribution in [0.25, 0.3) is 11.3 Å². The van der Waals surface area contributed by atoms with Crippen molar-refractivity contribution < 1.29 is 27.5 Å². The number of hydrogen-bond donors (Lipinski definition) is 3. The van der Waals surface area contributed by atoms with E-state index in [1.807, 2.05) is 0 Å². The molecule has 1 heterocycles. The molecule has 1 aliphatic rings. The summed E-state index contributed by atoms with van der Waals surface area (Å²) in [5.74, 6) is -1.76. The predicted molar refractivity (Wildman–Crippen MR) is 138 cm³/mol. The number of aryl methyl sites for hydroxylation is 1. The van der Waals surface area contributed by atoms with Gasteiger partial charge in [0.1, 0.15) is 5.82 Å². The third-order valence-electron chi connectivity index (χ3n) is 5.84. The minimum atomic E-state index is -3.42. The Morgan fingerprint density at radius 2 is 1.72 bits per heavy atom. The molecular weight excluding hydrogens is 485 g/mol. The molecule has 0 saturated heterocycles. The summed E-state index contributed by atoms with van der Waals surface area (Å²) in [6.45, 7) is 0. The SMILES string of the molecule is CN(c1ccc(NC(=C2C(=O)Nc3cc(F)ccc32)c2ccc(CCC(=O)O)cc2)cc1)S(C)(=O)=O. The first-order chi connectivity index (χ1) is 17.0. The Morgan fingerprint density at radius 1 is 1.06 bits per heavy atom. The van der Waals surface area contributed by atoms with E-state index in [0.717, 1.165) is 16.1 Å². The van der Waals surface area contributed by atoms with Gasteiger partial charge in [-0.05, 0) is 60.0 Å². The first-order valence-corrected chi connectivity index (χ1v) is 12.9. The Balaban J connectivity index is 1.76. The number of aliphatic carboxylic acids is 1. The lowest BCUT2D eigenvalue weighted by Crippen LogP contribution is -2.24. The fourth-order valence-corrected chi connectivity index (χ4v) is 4.36. The molecule has 1 aliphatic heterocycles. The number of hydrogen-bond acceptors (Lipinski definition) is 5. The fraction of sp³-hybridized carbons (Fsp3) is 0.154. The summed E-state index contributed by atoms with van der Waals surface area (Å²) >= 11 is 0. The number of benzene rings is 3. The van der Waals surface area contributed by atoms with Crippen LogP contribution in [0.2, 0.25) is 0 Å². The molecule has 0 aliphatic carbocycles. The van der Waals surface area contributed by atoms with E-state index in [4.69, 9.17) is 5.11 Å². The van der Waals surface area contributed by atoms with Gasteiger partial charge >= 0.3 is 5.97 Å². The number of fused-ring (bicyclic) bond motifs is 1. The predicted octanol–water partition coefficient (Wildman–Crippen LogP) is 4.17. The van der Waals surface area contributed by atoms with E-state index in [0.29, 0.717) is 45.9 Å². The van der Waals surface area contributed by atoms with E-state index in [9.17, 15) is 22.4 Å². The largest absolute Gasteiger partial charge is 0.481 e. The van der Waals surface area contributed by atoms with Crippen molar-refractivity contribution in [2.75, 3.05) is 28.2 Å². The number of carboxylic acids is 1. The first-order valence-electron chi connectivity index (χ1n) is 11.0. The fourth-order valence-electron chi connectivity index (χ4n) is 3.85. The molecule has 0 unspecified atom stereocenters. The highest BCUT2D eigenvalue weighted by atomic mass is 32.2. The number of nitrogens with zero attached hydrogens (tertiary/aromatic N) is 1. The van der Waals surface area contributed by atoms with Gasteiger partial charge in [0.05, 0.1) is 28.9 Å². The average molecular weight is 510 g/mol. The maximum absolute atomic E-state index is 13.8. The van der Waals surface area contributed by atoms with Crippen LogP contribution in [0.1, 0.15) is 23.1 Å². The van der Waals surface area contributed by atoms with Gasteiger partial charge in [-0.1, -0.05) is 24.3 Å². The summed E-state index contributed by atoms with van der Waals surface area (Å²) in [5, 5.41) is 14.9. The van der Waals surface area contributed by atoms with E-state index in [2.05, 4.69) is 10.6 Å². The molecule has 0 saturated carbocycles. The molecule has 36 heavy (non-hydrogen) atoms. The average Bonchev–Trinajstić information content (AvgIpc) is 3.15. The lowest BCUT2D eigenvalue weighted by molar-refractivity contribution is -0.137. The van der Waals surface area contributed by atoms with Gasteiger partial charge in [0, 0.05) is 24.7 Å². The standard InChI is InChI=1S/C26H24FN3O5S/c1-30(36(2,34)35)20-11-9-19(10-12-20)28-25(17-6-3-16(4-7-17)5-14-23(31)32)24-21-13-8-18(27)15-22(21)29-26(24)33/h3-4,6-13,15,28H,5,14H2,1-2H3,(H,29,33)(H,31,32). The number of carboxylic acid groups (broad SMARTS) is 1. The number of halogens is 1. The molecule has 0 radical (unpaired) electrons. The van der Waals surface area contributed by atoms with Gasteiger partial charge in [-0.3, -0.25) is 13.9 Å². The number of rotatable bonds is 8. The van der Waals surface area contributed by atoms with Crippen LogP contribution in [0.3, 0.4) is 0 Å². The summed E-state index contributed by atoms with van der Waals surface area (Å²) in [7, 11) is -1.97. The molecule has 0 spiro atoms. The quantitative estimate of drug-likeness (QED) is 0.393. The van der Waals surface area contributed by atoms with Crippen molar-refractivity contribution >= 4 is 50.2 Å². The van der Waals surface area contributed by atoms with Gasteiger partial charge in [0.15, 0.2) is 0 Å². The minimum Gasteiger partial charge on any atom is -0.481 e. The maximum Gasteiger partial charge on any atom is 0.303 e. The third kappa shape index (κ3) is 5.38. The molecule has 4 rings (SSSR count). The van der Waals surface area contributed by atoms with Crippen molar-refractivity contribution in [3.05, 3.63) is 89.2 Å². The van der Waals surface area contributed by atoms with Gasteiger partial charge in [0.2, 0.25) is 10.0 Å². The number of nitrogens with one attached hydrogen (secondary N) is 2. The van der Waals surface area contributed by atoms with Crippen molar-refractivity contribution in [2.24, 2.45) is 0 Å². The molecule has 3 aromatic carbocycles. The zero-order valence-electron chi connectivity index (χ0n) is 19.6. The van der Waals surface area contributed by atoms with E-state index in [-0.39, 0.29) is 6.42 Å². The number of anilines is 3. The summed E-state index contributed by atoms with van der Waals surface area (Å²) in [5.41, 5.74) is 4.24. The lowest BCUT2D eigenvalue weighted by Gasteiger charge is -2.18. The number of amides is 1. The molecule has 8 nitrogen and oxygen atoms in total. The van der Waals surface area contributed by atoms with Gasteiger partial charge in [-0.2, -0.15) is 0 Å². The lowest BCUT2D eigenvalue weighted by atomic mass is 9.98. The van der Waals surface area contributed by atoms with Crippen LogP contribution in [0.4, 0.5) is 21.5 Å². The molecule has 1 amide bonds. The Morgan fingerprint density at radius 3 is 2.33 bits per heavy atom. The molecule has 0 aromatic heterocycles. The Hall–Kier alpha value is -4.18. The zero-order chi connectivity index (χ0) is 26.0. The van der Waals surface area contributed by atoms with E-state index < -0.39 is 27.7 Å². The highest BCUT2D eigenvalue weighted by Crippen LogP contribution is 2.38. The number of carbonyl (C=O) groups is 2. The van der Waals surface area contributed by atoms with Crippen LogP contribution >= 0.6 is 0 Å². The van der Waals surface area contributed by atoms with Crippen molar-refractivity contribution in [1.29, 1.82) is 0 Å². The summed E-state index contributed by atoms with van der Waals surface area (Å²) in [4.78, 5) is 23.9. The van der Waals surface area contributed by atoms with Crippen molar-refractivity contribution in [2.45, 2.75) is 12.8 Å². The summed E-state index contributed by atoms with van der Waals surface area (Å²) in [6.07, 6.45) is 1.48. The topological polar surface area (TPSA) is 116 Å². The maximum atomic E-state index is 13.8. The van der Waals surface area contributed by atoms with Crippen LogP contribution in [0, 0.1) is 5.82 Å². The highest BCUT2D eigenvalue weighted by molar-refractivity contribution is 7.92. The van der Waals surface area contributed by atoms with Gasteiger partial charge in [0.25, 0.3) is 5.91 Å². The first kappa shape index (κ1) is 24.9. The smallest absolute Gasteiger partial charge is 0.303 e. The van der Waals surface area contributed by atoms with Gasteiger partial charge in [-0.15, -0.1) is 0 Å². The normalized spacial score (nSPS) is 14.1. The molecule has 0 atom stereocenters. The number of carbonyl (C=O) groups excluding carboxylic acids is 1. The van der Waals surface area contributed by atoms with Gasteiger partial charge in [-0.25, -0.2) is 12.8 Å². The Kier molecular flexibility index (Phi) is 6.80. The molecule has 0 fully saturated rings. The molecule has 0 bridgehead atoms. The summed E-state index contributed by atoms with van der Waals surface area (Å²) in [6, 6.07) is 17.9. The van der Waals surface area contributed by atoms with Crippen LogP contribution in [-0.4, -0.2) is 38.7 Å². The molecule has 10 heteroatoms. The van der Waals surface area contributed by atoms with Crippen LogP contribution < -0.4 is 14.9 Å². The van der Waals surface area contributed by atoms with Crippen molar-refractivity contribution in [3.8, 4) is 0 Å². The van der Waals surface area contributed by atoms with E-state index in [1.54, 1.807) is 48.5 Å². The van der Waals surface area contributed by atoms with Crippen LogP contribution in [0.5, 0.6) is 0 Å². The monoisotopic (exact) mass is 509 g/mol. The molecule has 3 N–H and O–H groups in total. The van der Waals surface area contributed by atoms with Crippen LogP contribution in [0.15, 0.2) is 66.7 Å². The molecule has 186 valence electrons. The second-order valence-electron chi connectivity index (χ2n) is 8.39. The minimum absolute atomic E-state index is 0.00115. The number of sulfonamides is 1. The summed E-state index contributed by atoms with van der Waals surface area (Å²) < 4.78 is 38.6. The van der Waals surface area contributed by atoms with Crippen molar-refractivity contribution in [1.82, 2.24) is 0 Å². The van der Waals surface area contributed by atoms with Gasteiger partial charge < -0.3 is 15.7 Å². The van der Waals surface area contributed by atoms with Crippen LogP contribution in [-0.2, 0) is 26.0 Å².